The first kappa shape index (κ1) is 12.3. The second kappa shape index (κ2) is 5.36. The van der Waals surface area contributed by atoms with Crippen LogP contribution < -0.4 is 5.73 Å². The van der Waals surface area contributed by atoms with E-state index in [-0.39, 0.29) is 1.43 Å². The minimum atomic E-state index is -5.17. The Kier molecular flexibility index (Phi) is 6.58. The van der Waals surface area contributed by atoms with Crippen LogP contribution in [0.2, 0.25) is 0 Å². The Bertz CT molecular complexity index is 180. The third-order valence-electron chi connectivity index (χ3n) is 0.427. The van der Waals surface area contributed by atoms with E-state index in [1.165, 1.54) is 0 Å². The summed E-state index contributed by atoms with van der Waals surface area (Å²) in [6.45, 7) is 6.44. The first-order valence-electron chi connectivity index (χ1n) is 2.37. The van der Waals surface area contributed by atoms with Gasteiger partial charge < -0.3 is 14.8 Å². The summed E-state index contributed by atoms with van der Waals surface area (Å²) in [7, 11) is -5.17. The largest absolute Gasteiger partial charge is 1.00 e. The third-order valence-corrected chi connectivity index (χ3v) is 0.427. The highest BCUT2D eigenvalue weighted by atomic mass is 32.3. The summed E-state index contributed by atoms with van der Waals surface area (Å²) < 4.78 is 34.1. The Balaban J connectivity index is -0.000000107. The van der Waals surface area contributed by atoms with Crippen LogP contribution in [0.4, 0.5) is 0 Å². The summed E-state index contributed by atoms with van der Waals surface area (Å²) in [5, 5.41) is 0. The van der Waals surface area contributed by atoms with Crippen molar-refractivity contribution in [1.29, 1.82) is 0 Å². The maximum atomic E-state index is 8.52. The lowest BCUT2D eigenvalue weighted by molar-refractivity contribution is -0.355. The molecule has 3 N–H and O–H groups in total. The highest BCUT2D eigenvalue weighted by Crippen LogP contribution is 1.72. The molecule has 0 spiro atoms. The van der Waals surface area contributed by atoms with E-state index in [2.05, 4.69) is 12.3 Å². The van der Waals surface area contributed by atoms with Gasteiger partial charge in [0.1, 0.15) is 0 Å². The summed E-state index contributed by atoms with van der Waals surface area (Å²) in [5.41, 5.74) is 4.73. The van der Waals surface area contributed by atoms with E-state index in [1.807, 2.05) is 6.92 Å². The van der Waals surface area contributed by atoms with Gasteiger partial charge in [-0.05, 0) is 12.5 Å². The zero-order valence-electron chi connectivity index (χ0n) is 6.66. The molecule has 0 bridgehead atoms. The lowest BCUT2D eigenvalue weighted by Gasteiger charge is -2.06. The van der Waals surface area contributed by atoms with E-state index >= 15 is 0 Å². The van der Waals surface area contributed by atoms with Crippen LogP contribution in [0.1, 0.15) is 8.35 Å². The van der Waals surface area contributed by atoms with E-state index in [1.54, 1.807) is 0 Å². The maximum Gasteiger partial charge on any atom is 1.00 e. The van der Waals surface area contributed by atoms with Gasteiger partial charge in [0, 0.05) is 10.4 Å². The normalized spacial score (nSPS) is 9.60. The van der Waals surface area contributed by atoms with E-state index in [0.29, 0.717) is 0 Å². The molecule has 0 fully saturated rings. The van der Waals surface area contributed by atoms with Crippen molar-refractivity contribution < 1.29 is 24.7 Å². The molecular weight excluding hydrogens is 158 g/mol. The summed E-state index contributed by atoms with van der Waals surface area (Å²) in [6.07, 6.45) is 0. The molecule has 0 atom stereocenters. The van der Waals surface area contributed by atoms with E-state index in [9.17, 15) is 0 Å². The Morgan fingerprint density at radius 2 is 1.80 bits per heavy atom. The fourth-order valence-corrected chi connectivity index (χ4v) is 0. The molecule has 0 rings (SSSR count). The van der Waals surface area contributed by atoms with E-state index < -0.39 is 10.4 Å². The summed E-state index contributed by atoms with van der Waals surface area (Å²) >= 11 is 0. The van der Waals surface area contributed by atoms with Crippen molar-refractivity contribution in [2.75, 3.05) is 6.54 Å². The molecule has 0 aromatic heterocycles. The molecular formula is C4H11NO4S. The summed E-state index contributed by atoms with van der Waals surface area (Å²) in [5.74, 6) is 0. The molecule has 0 aliphatic carbocycles. The van der Waals surface area contributed by atoms with Crippen LogP contribution in [0.3, 0.4) is 0 Å². The van der Waals surface area contributed by atoms with Gasteiger partial charge in [-0.2, -0.15) is 0 Å². The van der Waals surface area contributed by atoms with Gasteiger partial charge >= 0.3 is 1.43 Å². The second-order valence-electron chi connectivity index (χ2n) is 1.62. The highest BCUT2D eigenvalue weighted by molar-refractivity contribution is 7.79. The molecule has 6 heteroatoms. The van der Waals surface area contributed by atoms with Gasteiger partial charge in [-0.3, -0.25) is 8.42 Å². The fraction of sp³-hybridized carbons (Fsp3) is 0.500. The average molecular weight is 169 g/mol. The molecule has 0 aliphatic rings. The third kappa shape index (κ3) is 133. The predicted molar refractivity (Wildman–Crippen MR) is 34.2 cm³/mol. The Hall–Kier alpha value is -0.430. The molecule has 0 aliphatic heterocycles. The molecule has 0 aromatic carbocycles. The van der Waals surface area contributed by atoms with Crippen molar-refractivity contribution in [3.05, 3.63) is 12.2 Å². The molecule has 0 saturated heterocycles. The van der Waals surface area contributed by atoms with Crippen LogP contribution in [0.15, 0.2) is 12.2 Å². The van der Waals surface area contributed by atoms with Crippen LogP contribution in [0, 0.1) is 0 Å². The zero-order valence-corrected chi connectivity index (χ0v) is 6.48. The quantitative estimate of drug-likeness (QED) is 0.295. The Morgan fingerprint density at radius 1 is 1.70 bits per heavy atom. The van der Waals surface area contributed by atoms with Crippen molar-refractivity contribution in [1.82, 2.24) is 0 Å². The van der Waals surface area contributed by atoms with Gasteiger partial charge in [-0.15, -0.1) is 0 Å². The SMILES string of the molecule is C=C(C)C[NH3+].O=S(=O)([O-])[O-].[H+]. The Labute approximate surface area is 61.6 Å². The Morgan fingerprint density at radius 3 is 1.80 bits per heavy atom. The number of rotatable bonds is 1. The predicted octanol–water partition coefficient (Wildman–Crippen LogP) is -1.42. The molecule has 0 amide bonds. The van der Waals surface area contributed by atoms with E-state index in [4.69, 9.17) is 17.5 Å². The monoisotopic (exact) mass is 169 g/mol. The van der Waals surface area contributed by atoms with Crippen LogP contribution in [0.5, 0.6) is 0 Å². The second-order valence-corrected chi connectivity index (χ2v) is 2.43. The summed E-state index contributed by atoms with van der Waals surface area (Å²) in [6, 6.07) is 0. The molecule has 0 radical (unpaired) electrons. The lowest BCUT2D eigenvalue weighted by Crippen LogP contribution is -2.50. The highest BCUT2D eigenvalue weighted by Gasteiger charge is 1.71. The molecule has 5 nitrogen and oxygen atoms in total. The fourth-order valence-electron chi connectivity index (χ4n) is 0. The number of quaternary nitrogens is 1. The molecule has 0 heterocycles. The summed E-state index contributed by atoms with van der Waals surface area (Å²) in [4.78, 5) is 0. The van der Waals surface area contributed by atoms with Gasteiger partial charge in [0.2, 0.25) is 0 Å². The topological polar surface area (TPSA) is 108 Å². The molecule has 0 unspecified atom stereocenters. The smallest absolute Gasteiger partial charge is 0.759 e. The number of hydrogen-bond donors (Lipinski definition) is 1. The van der Waals surface area contributed by atoms with Crippen molar-refractivity contribution in [2.24, 2.45) is 0 Å². The average Bonchev–Trinajstić information content (AvgIpc) is 1.61. The molecule has 0 saturated carbocycles. The first-order chi connectivity index (χ1) is 4.27. The molecule has 10 heavy (non-hydrogen) atoms. The van der Waals surface area contributed by atoms with Crippen molar-refractivity contribution in [3.8, 4) is 0 Å². The minimum absolute atomic E-state index is 0. The van der Waals surface area contributed by atoms with Crippen LogP contribution in [-0.4, -0.2) is 24.1 Å². The molecule has 0 aromatic rings. The standard InChI is InChI=1S/C4H9N.H2O4S/c1-4(2)3-5;1-5(2,3)4/h1,3,5H2,2H3;(H2,1,2,3,4). The van der Waals surface area contributed by atoms with Gasteiger partial charge in [-0.1, -0.05) is 6.58 Å². The van der Waals surface area contributed by atoms with Crippen molar-refractivity contribution in [2.45, 2.75) is 6.92 Å². The zero-order chi connectivity index (χ0) is 8.78. The van der Waals surface area contributed by atoms with Gasteiger partial charge in [-0.25, -0.2) is 0 Å². The van der Waals surface area contributed by atoms with Crippen LogP contribution in [-0.2, 0) is 10.4 Å². The van der Waals surface area contributed by atoms with E-state index in [0.717, 1.165) is 12.1 Å². The van der Waals surface area contributed by atoms with Gasteiger partial charge in [0.25, 0.3) is 0 Å². The molecule has 62 valence electrons. The van der Waals surface area contributed by atoms with Crippen LogP contribution >= 0.6 is 0 Å². The number of hydrogen-bond acceptors (Lipinski definition) is 4. The minimum Gasteiger partial charge on any atom is -0.759 e. The van der Waals surface area contributed by atoms with Crippen molar-refractivity contribution >= 4 is 10.4 Å². The lowest BCUT2D eigenvalue weighted by atomic mass is 10.4. The van der Waals surface area contributed by atoms with Gasteiger partial charge in [0.05, 0.1) is 6.54 Å². The maximum absolute atomic E-state index is 8.52. The van der Waals surface area contributed by atoms with Crippen molar-refractivity contribution in [3.63, 3.8) is 0 Å². The first-order valence-corrected chi connectivity index (χ1v) is 3.71. The van der Waals surface area contributed by atoms with Gasteiger partial charge in [0.15, 0.2) is 0 Å². The van der Waals surface area contributed by atoms with Crippen LogP contribution in [0.25, 0.3) is 0 Å².